The number of thiophene rings is 1. The molecule has 0 spiro atoms. The monoisotopic (exact) mass is 415 g/mol. The normalized spacial score (nSPS) is 10.4. The van der Waals surface area contributed by atoms with E-state index in [2.05, 4.69) is 15.6 Å². The van der Waals surface area contributed by atoms with Gasteiger partial charge in [-0.1, -0.05) is 17.7 Å². The number of thiazole rings is 1. The second-order valence-electron chi connectivity index (χ2n) is 5.95. The molecule has 0 saturated carbocycles. The van der Waals surface area contributed by atoms with Gasteiger partial charge in [0.2, 0.25) is 0 Å². The third kappa shape index (κ3) is 5.02. The number of imide groups is 1. The van der Waals surface area contributed by atoms with Crippen molar-refractivity contribution in [2.24, 2.45) is 0 Å². The second kappa shape index (κ2) is 8.77. The number of amides is 3. The predicted molar refractivity (Wildman–Crippen MR) is 109 cm³/mol. The summed E-state index contributed by atoms with van der Waals surface area (Å²) in [5, 5.41) is 10.8. The first kappa shape index (κ1) is 19.7. The van der Waals surface area contributed by atoms with Crippen molar-refractivity contribution >= 4 is 46.3 Å². The van der Waals surface area contributed by atoms with E-state index in [-0.39, 0.29) is 5.69 Å². The van der Waals surface area contributed by atoms with Gasteiger partial charge < -0.3 is 10.1 Å². The van der Waals surface area contributed by atoms with Crippen molar-refractivity contribution < 1.29 is 19.1 Å². The number of esters is 1. The van der Waals surface area contributed by atoms with Crippen LogP contribution in [0.5, 0.6) is 0 Å². The molecule has 0 unspecified atom stereocenters. The number of anilines is 1. The van der Waals surface area contributed by atoms with Crippen LogP contribution >= 0.6 is 22.7 Å². The Bertz CT molecular complexity index is 1010. The molecule has 1 aromatic carbocycles. The van der Waals surface area contributed by atoms with E-state index in [1.807, 2.05) is 42.8 Å². The van der Waals surface area contributed by atoms with Gasteiger partial charge in [0.1, 0.15) is 5.01 Å². The number of nitrogens with one attached hydrogen (secondary N) is 2. The van der Waals surface area contributed by atoms with E-state index in [4.69, 9.17) is 4.74 Å². The molecule has 2 aromatic heterocycles. The zero-order valence-corrected chi connectivity index (χ0v) is 16.8. The molecular formula is C19H17N3O4S2. The lowest BCUT2D eigenvalue weighted by Crippen LogP contribution is -2.37. The molecule has 9 heteroatoms. The van der Waals surface area contributed by atoms with Crippen LogP contribution in [0.4, 0.5) is 10.5 Å². The van der Waals surface area contributed by atoms with Gasteiger partial charge in [0, 0.05) is 22.0 Å². The first-order valence-corrected chi connectivity index (χ1v) is 10.1. The van der Waals surface area contributed by atoms with Gasteiger partial charge >= 0.3 is 12.0 Å². The van der Waals surface area contributed by atoms with Crippen molar-refractivity contribution in [3.05, 3.63) is 57.2 Å². The Kier molecular flexibility index (Phi) is 6.17. The van der Waals surface area contributed by atoms with E-state index in [9.17, 15) is 14.4 Å². The number of hydrogen-bond acceptors (Lipinski definition) is 7. The molecule has 3 aromatic rings. The van der Waals surface area contributed by atoms with Crippen LogP contribution in [0, 0.1) is 13.8 Å². The number of aryl methyl sites for hydroxylation is 2. The number of carbonyl (C=O) groups is 3. The number of carbonyl (C=O) groups excluding carboxylic acids is 3. The van der Waals surface area contributed by atoms with Crippen molar-refractivity contribution in [2.75, 3.05) is 11.9 Å². The van der Waals surface area contributed by atoms with E-state index < -0.39 is 24.5 Å². The van der Waals surface area contributed by atoms with Crippen molar-refractivity contribution in [2.45, 2.75) is 13.8 Å². The molecule has 0 atom stereocenters. The molecule has 2 N–H and O–H groups in total. The molecule has 0 aliphatic heterocycles. The van der Waals surface area contributed by atoms with E-state index >= 15 is 0 Å². The fourth-order valence-corrected chi connectivity index (χ4v) is 3.86. The van der Waals surface area contributed by atoms with E-state index in [1.54, 1.807) is 11.4 Å². The zero-order valence-electron chi connectivity index (χ0n) is 15.1. The summed E-state index contributed by atoms with van der Waals surface area (Å²) in [5.41, 5.74) is 3.58. The summed E-state index contributed by atoms with van der Waals surface area (Å²) in [6.07, 6.45) is 0. The number of ether oxygens (including phenoxy) is 1. The van der Waals surface area contributed by atoms with Crippen molar-refractivity contribution in [1.29, 1.82) is 0 Å². The van der Waals surface area contributed by atoms with Crippen LogP contribution in [-0.2, 0) is 9.53 Å². The molecule has 0 aliphatic carbocycles. The third-order valence-corrected chi connectivity index (χ3v) is 5.27. The van der Waals surface area contributed by atoms with Gasteiger partial charge in [-0.3, -0.25) is 10.1 Å². The average molecular weight is 415 g/mol. The fourth-order valence-electron chi connectivity index (χ4n) is 2.36. The van der Waals surface area contributed by atoms with Gasteiger partial charge in [-0.25, -0.2) is 14.6 Å². The molecule has 3 amide bonds. The number of rotatable bonds is 5. The molecule has 7 nitrogen and oxygen atoms in total. The van der Waals surface area contributed by atoms with Crippen molar-refractivity contribution in [3.8, 4) is 10.6 Å². The van der Waals surface area contributed by atoms with Crippen LogP contribution in [0.1, 0.15) is 21.6 Å². The largest absolute Gasteiger partial charge is 0.451 e. The van der Waals surface area contributed by atoms with Crippen LogP contribution < -0.4 is 10.6 Å². The minimum atomic E-state index is -0.732. The molecule has 3 rings (SSSR count). The number of urea groups is 1. The van der Waals surface area contributed by atoms with E-state index in [1.165, 1.54) is 22.7 Å². The summed E-state index contributed by atoms with van der Waals surface area (Å²) in [4.78, 5) is 40.0. The van der Waals surface area contributed by atoms with Gasteiger partial charge in [0.15, 0.2) is 12.3 Å². The molecule has 28 heavy (non-hydrogen) atoms. The average Bonchev–Trinajstić information content (AvgIpc) is 3.33. The Hall–Kier alpha value is -3.04. The van der Waals surface area contributed by atoms with Gasteiger partial charge in [0.25, 0.3) is 5.91 Å². The Morgan fingerprint density at radius 3 is 2.68 bits per heavy atom. The molecule has 0 saturated heterocycles. The maximum absolute atomic E-state index is 12.0. The Balaban J connectivity index is 1.48. The number of nitrogens with zero attached hydrogens (tertiary/aromatic N) is 1. The minimum absolute atomic E-state index is 0.124. The highest BCUT2D eigenvalue weighted by Crippen LogP contribution is 2.25. The quantitative estimate of drug-likeness (QED) is 0.614. The highest BCUT2D eigenvalue weighted by atomic mass is 32.1. The molecule has 0 fully saturated rings. The van der Waals surface area contributed by atoms with Crippen LogP contribution in [-0.4, -0.2) is 29.5 Å². The summed E-state index contributed by atoms with van der Waals surface area (Å²) < 4.78 is 4.93. The summed E-state index contributed by atoms with van der Waals surface area (Å²) in [6, 6.07) is 6.73. The lowest BCUT2D eigenvalue weighted by molar-refractivity contribution is -0.123. The molecule has 0 bridgehead atoms. The van der Waals surface area contributed by atoms with Crippen molar-refractivity contribution in [3.63, 3.8) is 0 Å². The molecule has 0 aliphatic rings. The maximum atomic E-state index is 12.0. The van der Waals surface area contributed by atoms with Crippen molar-refractivity contribution in [1.82, 2.24) is 10.3 Å². The SMILES string of the molecule is Cc1ccc(NC(=O)NC(=O)COC(=O)c2csc(-c3ccsc3)n2)c(C)c1. The summed E-state index contributed by atoms with van der Waals surface area (Å²) in [7, 11) is 0. The molecular weight excluding hydrogens is 398 g/mol. The Morgan fingerprint density at radius 1 is 1.14 bits per heavy atom. The zero-order chi connectivity index (χ0) is 20.1. The number of aromatic nitrogens is 1. The lowest BCUT2D eigenvalue weighted by Gasteiger charge is -2.10. The topological polar surface area (TPSA) is 97.4 Å². The van der Waals surface area contributed by atoms with Gasteiger partial charge in [-0.15, -0.1) is 11.3 Å². The minimum Gasteiger partial charge on any atom is -0.451 e. The highest BCUT2D eigenvalue weighted by molar-refractivity contribution is 7.14. The summed E-state index contributed by atoms with van der Waals surface area (Å²) in [6.45, 7) is 3.22. The van der Waals surface area contributed by atoms with Crippen LogP contribution in [0.15, 0.2) is 40.4 Å². The van der Waals surface area contributed by atoms with Crippen LogP contribution in [0.2, 0.25) is 0 Å². The molecule has 2 heterocycles. The summed E-state index contributed by atoms with van der Waals surface area (Å²) in [5.74, 6) is -1.45. The maximum Gasteiger partial charge on any atom is 0.358 e. The highest BCUT2D eigenvalue weighted by Gasteiger charge is 2.16. The smallest absolute Gasteiger partial charge is 0.358 e. The first-order valence-electron chi connectivity index (χ1n) is 8.25. The van der Waals surface area contributed by atoms with Crippen LogP contribution in [0.25, 0.3) is 10.6 Å². The van der Waals surface area contributed by atoms with Gasteiger partial charge in [-0.05, 0) is 36.9 Å². The third-order valence-electron chi connectivity index (χ3n) is 3.70. The van der Waals surface area contributed by atoms with Gasteiger partial charge in [0.05, 0.1) is 0 Å². The second-order valence-corrected chi connectivity index (χ2v) is 7.58. The van der Waals surface area contributed by atoms with E-state index in [0.717, 1.165) is 16.7 Å². The lowest BCUT2D eigenvalue weighted by atomic mass is 10.1. The standard InChI is InChI=1S/C19H17N3O4S2/c1-11-3-4-14(12(2)7-11)21-19(25)22-16(23)8-26-18(24)15-10-28-17(20-15)13-5-6-27-9-13/h3-7,9-10H,8H2,1-2H3,(H2,21,22,23,25). The Labute approximate surface area is 169 Å². The fraction of sp³-hybridized carbons (Fsp3) is 0.158. The number of benzene rings is 1. The summed E-state index contributed by atoms with van der Waals surface area (Å²) >= 11 is 2.85. The first-order chi connectivity index (χ1) is 13.4. The van der Waals surface area contributed by atoms with Gasteiger partial charge in [-0.2, -0.15) is 11.3 Å². The van der Waals surface area contributed by atoms with E-state index in [0.29, 0.717) is 10.7 Å². The molecule has 0 radical (unpaired) electrons. The number of hydrogen-bond donors (Lipinski definition) is 2. The Morgan fingerprint density at radius 2 is 1.96 bits per heavy atom. The predicted octanol–water partition coefficient (Wildman–Crippen LogP) is 3.99. The van der Waals surface area contributed by atoms with Crippen LogP contribution in [0.3, 0.4) is 0 Å². The molecule has 144 valence electrons.